The van der Waals surface area contributed by atoms with E-state index in [1.807, 2.05) is 6.92 Å². The van der Waals surface area contributed by atoms with Gasteiger partial charge in [0.25, 0.3) is 0 Å². The number of carbonyl (C=O) groups is 2. The number of hydrogen-bond acceptors (Lipinski definition) is 3. The van der Waals surface area contributed by atoms with Gasteiger partial charge in [-0.25, -0.2) is 0 Å². The molecule has 190 valence electrons. The lowest BCUT2D eigenvalue weighted by Gasteiger charge is -2.42. The molecule has 3 nitrogen and oxygen atoms in total. The van der Waals surface area contributed by atoms with Crippen LogP contribution in [0.25, 0.3) is 0 Å². The molecule has 0 aromatic rings. The minimum Gasteiger partial charge on any atom is -0.465 e. The highest BCUT2D eigenvalue weighted by Gasteiger charge is 2.47. The molecular formula is C30H52O3. The normalized spacial score (nSPS) is 35.4. The molecule has 2 atom stereocenters. The Morgan fingerprint density at radius 2 is 1.33 bits per heavy atom. The third-order valence-electron chi connectivity index (χ3n) is 9.77. The number of unbranched alkanes of at least 4 members (excludes halogenated alkanes) is 4. The predicted molar refractivity (Wildman–Crippen MR) is 136 cm³/mol. The van der Waals surface area contributed by atoms with E-state index in [1.54, 1.807) is 0 Å². The first kappa shape index (κ1) is 26.7. The highest BCUT2D eigenvalue weighted by atomic mass is 16.5. The molecule has 0 aromatic carbocycles. The maximum absolute atomic E-state index is 13.0. The SMILES string of the molecule is CCCCCOC(=O)[C@@]1(C)CC[C@@H](C2CCC(C3CCC(CCCCC)CC3)CC2)CC1=O. The number of Topliss-reactive ketones (excluding diaryl/α,β-unsaturated/α-hetero) is 1. The van der Waals surface area contributed by atoms with Gasteiger partial charge in [-0.1, -0.05) is 65.2 Å². The van der Waals surface area contributed by atoms with Gasteiger partial charge in [0.2, 0.25) is 0 Å². The van der Waals surface area contributed by atoms with Crippen LogP contribution in [0, 0.1) is 35.0 Å². The molecule has 3 saturated carbocycles. The number of hydrogen-bond donors (Lipinski definition) is 0. The van der Waals surface area contributed by atoms with Gasteiger partial charge in [0.05, 0.1) is 6.61 Å². The Morgan fingerprint density at radius 3 is 1.91 bits per heavy atom. The minimum atomic E-state index is -0.893. The molecule has 0 aromatic heterocycles. The molecule has 0 aliphatic heterocycles. The second-order valence-electron chi connectivity index (χ2n) is 12.1. The molecule has 0 radical (unpaired) electrons. The summed E-state index contributed by atoms with van der Waals surface area (Å²) in [5.41, 5.74) is -0.893. The smallest absolute Gasteiger partial charge is 0.319 e. The van der Waals surface area contributed by atoms with Gasteiger partial charge >= 0.3 is 5.97 Å². The first-order chi connectivity index (χ1) is 16.0. The van der Waals surface area contributed by atoms with Gasteiger partial charge in [-0.2, -0.15) is 0 Å². The van der Waals surface area contributed by atoms with Crippen molar-refractivity contribution >= 4 is 11.8 Å². The van der Waals surface area contributed by atoms with Crippen LogP contribution in [0.4, 0.5) is 0 Å². The van der Waals surface area contributed by atoms with E-state index in [9.17, 15) is 9.59 Å². The van der Waals surface area contributed by atoms with Crippen LogP contribution in [0.2, 0.25) is 0 Å². The Bertz CT molecular complexity index is 598. The van der Waals surface area contributed by atoms with Gasteiger partial charge in [-0.15, -0.1) is 0 Å². The first-order valence-corrected chi connectivity index (χ1v) is 14.7. The molecule has 3 aliphatic rings. The van der Waals surface area contributed by atoms with Crippen LogP contribution in [0.3, 0.4) is 0 Å². The Balaban J connectivity index is 1.38. The van der Waals surface area contributed by atoms with Crippen LogP contribution >= 0.6 is 0 Å². The number of ether oxygens (including phenoxy) is 1. The number of esters is 1. The van der Waals surface area contributed by atoms with E-state index < -0.39 is 5.41 Å². The quantitative estimate of drug-likeness (QED) is 0.177. The highest BCUT2D eigenvalue weighted by Crippen LogP contribution is 2.47. The molecule has 0 unspecified atom stereocenters. The molecule has 3 heteroatoms. The third kappa shape index (κ3) is 7.31. The van der Waals surface area contributed by atoms with Gasteiger partial charge in [0, 0.05) is 6.42 Å². The van der Waals surface area contributed by atoms with Crippen LogP contribution in [-0.2, 0) is 14.3 Å². The molecule has 3 rings (SSSR count). The van der Waals surface area contributed by atoms with Gasteiger partial charge in [-0.3, -0.25) is 9.59 Å². The molecule has 0 spiro atoms. The summed E-state index contributed by atoms with van der Waals surface area (Å²) < 4.78 is 5.49. The lowest BCUT2D eigenvalue weighted by molar-refractivity contribution is -0.162. The fourth-order valence-corrected chi connectivity index (χ4v) is 7.19. The standard InChI is InChI=1S/C30H52O3/c1-4-6-8-10-23-11-13-24(14-12-23)25-15-17-26(18-16-25)27-19-20-30(3,28(31)22-27)29(32)33-21-9-7-5-2/h23-27H,4-22H2,1-3H3/t23?,24?,25?,26?,27-,30+/m1/s1. The fourth-order valence-electron chi connectivity index (χ4n) is 7.19. The van der Waals surface area contributed by atoms with E-state index >= 15 is 0 Å². The van der Waals surface area contributed by atoms with Crippen molar-refractivity contribution in [2.75, 3.05) is 6.61 Å². The van der Waals surface area contributed by atoms with Gasteiger partial charge < -0.3 is 4.74 Å². The van der Waals surface area contributed by atoms with Crippen molar-refractivity contribution < 1.29 is 14.3 Å². The molecule has 0 heterocycles. The second-order valence-corrected chi connectivity index (χ2v) is 12.1. The van der Waals surface area contributed by atoms with Crippen molar-refractivity contribution in [3.05, 3.63) is 0 Å². The summed E-state index contributed by atoms with van der Waals surface area (Å²) in [6, 6.07) is 0. The van der Waals surface area contributed by atoms with Crippen LogP contribution in [0.1, 0.15) is 136 Å². The van der Waals surface area contributed by atoms with Crippen LogP contribution < -0.4 is 0 Å². The fraction of sp³-hybridized carbons (Fsp3) is 0.933. The number of carbonyl (C=O) groups excluding carboxylic acids is 2. The molecule has 33 heavy (non-hydrogen) atoms. The number of ketones is 1. The molecule has 3 fully saturated rings. The lowest BCUT2D eigenvalue weighted by atomic mass is 9.62. The van der Waals surface area contributed by atoms with E-state index in [1.165, 1.54) is 77.0 Å². The van der Waals surface area contributed by atoms with Crippen LogP contribution in [0.15, 0.2) is 0 Å². The van der Waals surface area contributed by atoms with Crippen molar-refractivity contribution in [1.82, 2.24) is 0 Å². The minimum absolute atomic E-state index is 0.141. The van der Waals surface area contributed by atoms with E-state index in [2.05, 4.69) is 13.8 Å². The van der Waals surface area contributed by atoms with Crippen LogP contribution in [-0.4, -0.2) is 18.4 Å². The zero-order valence-electron chi connectivity index (χ0n) is 22.0. The van der Waals surface area contributed by atoms with E-state index in [4.69, 9.17) is 4.74 Å². The lowest BCUT2D eigenvalue weighted by Crippen LogP contribution is -2.44. The van der Waals surface area contributed by atoms with E-state index in [-0.39, 0.29) is 11.8 Å². The first-order valence-electron chi connectivity index (χ1n) is 14.7. The average Bonchev–Trinajstić information content (AvgIpc) is 2.84. The number of rotatable bonds is 11. The molecule has 3 aliphatic carbocycles. The van der Waals surface area contributed by atoms with Crippen molar-refractivity contribution in [2.45, 2.75) is 136 Å². The van der Waals surface area contributed by atoms with Crippen molar-refractivity contribution in [1.29, 1.82) is 0 Å². The maximum Gasteiger partial charge on any atom is 0.319 e. The summed E-state index contributed by atoms with van der Waals surface area (Å²) in [4.78, 5) is 25.7. The van der Waals surface area contributed by atoms with Gasteiger partial charge in [0.1, 0.15) is 11.2 Å². The van der Waals surface area contributed by atoms with Gasteiger partial charge in [-0.05, 0) is 94.3 Å². The summed E-state index contributed by atoms with van der Waals surface area (Å²) in [6.07, 6.45) is 22.3. The summed E-state index contributed by atoms with van der Waals surface area (Å²) in [5.74, 6) is 3.96. The van der Waals surface area contributed by atoms with Gasteiger partial charge in [0.15, 0.2) is 0 Å². The van der Waals surface area contributed by atoms with E-state index in [0.717, 1.165) is 43.4 Å². The molecule has 0 N–H and O–H groups in total. The van der Waals surface area contributed by atoms with Crippen LogP contribution in [0.5, 0.6) is 0 Å². The zero-order chi connectivity index (χ0) is 23.7. The second kappa shape index (κ2) is 13.3. The largest absolute Gasteiger partial charge is 0.465 e. The molecule has 0 saturated heterocycles. The zero-order valence-corrected chi connectivity index (χ0v) is 22.0. The Kier molecular flexibility index (Phi) is 10.8. The average molecular weight is 461 g/mol. The Morgan fingerprint density at radius 1 is 0.788 bits per heavy atom. The summed E-state index contributed by atoms with van der Waals surface area (Å²) in [6.45, 7) is 6.74. The third-order valence-corrected chi connectivity index (χ3v) is 9.77. The highest BCUT2D eigenvalue weighted by molar-refractivity contribution is 6.04. The van der Waals surface area contributed by atoms with Crippen molar-refractivity contribution in [3.63, 3.8) is 0 Å². The summed E-state index contributed by atoms with van der Waals surface area (Å²) >= 11 is 0. The monoisotopic (exact) mass is 460 g/mol. The van der Waals surface area contributed by atoms with Crippen molar-refractivity contribution in [3.8, 4) is 0 Å². The molecular weight excluding hydrogens is 408 g/mol. The predicted octanol–water partition coefficient (Wildman–Crippen LogP) is 8.29. The molecule has 0 bridgehead atoms. The maximum atomic E-state index is 13.0. The Hall–Kier alpha value is -0.860. The molecule has 0 amide bonds. The topological polar surface area (TPSA) is 43.4 Å². The van der Waals surface area contributed by atoms with Crippen molar-refractivity contribution in [2.24, 2.45) is 35.0 Å². The summed E-state index contributed by atoms with van der Waals surface area (Å²) in [7, 11) is 0. The summed E-state index contributed by atoms with van der Waals surface area (Å²) in [5, 5.41) is 0. The van der Waals surface area contributed by atoms with E-state index in [0.29, 0.717) is 31.3 Å². The Labute approximate surface area is 204 Å².